The molecule has 2 nitrogen and oxygen atoms in total. The molecule has 0 aliphatic heterocycles. The normalized spacial score (nSPS) is 11.6. The predicted molar refractivity (Wildman–Crippen MR) is 87.1 cm³/mol. The first kappa shape index (κ1) is 14.5. The van der Waals surface area contributed by atoms with Crippen molar-refractivity contribution in [3.05, 3.63) is 95.6 Å². The maximum atomic E-state index is 10.7. The van der Waals surface area contributed by atoms with E-state index in [9.17, 15) is 4.79 Å². The molecule has 0 aromatic heterocycles. The van der Waals surface area contributed by atoms with Crippen molar-refractivity contribution in [2.24, 2.45) is 0 Å². The van der Waals surface area contributed by atoms with Gasteiger partial charge in [0.15, 0.2) is 0 Å². The van der Waals surface area contributed by atoms with Crippen LogP contribution in [0.3, 0.4) is 0 Å². The lowest BCUT2D eigenvalue weighted by molar-refractivity contribution is 0.0697. The van der Waals surface area contributed by atoms with Gasteiger partial charge in [0.2, 0.25) is 0 Å². The summed E-state index contributed by atoms with van der Waals surface area (Å²) >= 11 is 0. The first-order valence-electron chi connectivity index (χ1n) is 6.65. The molecule has 0 aliphatic carbocycles. The summed E-state index contributed by atoms with van der Waals surface area (Å²) in [5.41, 5.74) is 2.43. The number of carbonyl (C=O) groups is 1. The van der Waals surface area contributed by atoms with E-state index in [0.717, 1.165) is 11.1 Å². The molecule has 0 unspecified atom stereocenters. The molecule has 0 spiro atoms. The molecule has 0 saturated carbocycles. The maximum Gasteiger partial charge on any atom is 0.335 e. The average Bonchev–Trinajstić information content (AvgIpc) is 2.52. The monoisotopic (exact) mass is 276 g/mol. The van der Waals surface area contributed by atoms with Crippen molar-refractivity contribution in [1.29, 1.82) is 0 Å². The highest BCUT2D eigenvalue weighted by atomic mass is 16.4. The molecule has 0 radical (unpaired) electrons. The number of allylic oxidation sites excluding steroid dienone is 4. The smallest absolute Gasteiger partial charge is 0.335 e. The lowest BCUT2D eigenvalue weighted by atomic mass is 10.1. The quantitative estimate of drug-likeness (QED) is 0.806. The van der Waals surface area contributed by atoms with Crippen LogP contribution < -0.4 is 0 Å². The zero-order valence-corrected chi connectivity index (χ0v) is 11.5. The minimum atomic E-state index is -0.906. The van der Waals surface area contributed by atoms with Crippen molar-refractivity contribution >= 4 is 18.1 Å². The van der Waals surface area contributed by atoms with Crippen molar-refractivity contribution in [2.45, 2.75) is 0 Å². The topological polar surface area (TPSA) is 37.3 Å². The molecule has 21 heavy (non-hydrogen) atoms. The second kappa shape index (κ2) is 7.65. The van der Waals surface area contributed by atoms with Crippen LogP contribution in [0.25, 0.3) is 12.2 Å². The van der Waals surface area contributed by atoms with E-state index in [-0.39, 0.29) is 0 Å². The Bertz CT molecular complexity index is 662. The van der Waals surface area contributed by atoms with Gasteiger partial charge in [-0.2, -0.15) is 0 Å². The highest BCUT2D eigenvalue weighted by Gasteiger charge is 1.99. The fourth-order valence-electron chi connectivity index (χ4n) is 1.76. The Morgan fingerprint density at radius 1 is 0.714 bits per heavy atom. The molecular formula is C19H16O2. The number of aromatic carboxylic acids is 1. The molecular weight excluding hydrogens is 260 g/mol. The van der Waals surface area contributed by atoms with Crippen LogP contribution in [0.1, 0.15) is 21.5 Å². The molecule has 2 aromatic rings. The Morgan fingerprint density at radius 3 is 1.76 bits per heavy atom. The molecule has 0 bridgehead atoms. The average molecular weight is 276 g/mol. The van der Waals surface area contributed by atoms with Crippen molar-refractivity contribution in [2.75, 3.05) is 0 Å². The van der Waals surface area contributed by atoms with Crippen LogP contribution in [-0.4, -0.2) is 11.1 Å². The van der Waals surface area contributed by atoms with E-state index in [1.165, 1.54) is 0 Å². The van der Waals surface area contributed by atoms with Crippen LogP contribution in [0.2, 0.25) is 0 Å². The van der Waals surface area contributed by atoms with E-state index in [0.29, 0.717) is 5.56 Å². The summed E-state index contributed by atoms with van der Waals surface area (Å²) in [6.45, 7) is 0. The molecule has 0 aliphatic rings. The van der Waals surface area contributed by atoms with Gasteiger partial charge in [-0.1, -0.05) is 78.9 Å². The molecule has 0 atom stereocenters. The molecule has 1 N–H and O–H groups in total. The minimum absolute atomic E-state index is 0.300. The summed E-state index contributed by atoms with van der Waals surface area (Å²) in [4.78, 5) is 10.7. The van der Waals surface area contributed by atoms with Gasteiger partial charge < -0.3 is 5.11 Å². The highest BCUT2D eigenvalue weighted by molar-refractivity contribution is 5.87. The van der Waals surface area contributed by atoms with E-state index < -0.39 is 5.97 Å². The number of benzene rings is 2. The van der Waals surface area contributed by atoms with Crippen LogP contribution in [0.15, 0.2) is 78.9 Å². The Balaban J connectivity index is 1.88. The number of hydrogen-bond donors (Lipinski definition) is 1. The van der Waals surface area contributed by atoms with Crippen LogP contribution in [0.5, 0.6) is 0 Å². The van der Waals surface area contributed by atoms with Crippen LogP contribution >= 0.6 is 0 Å². The fraction of sp³-hybridized carbons (Fsp3) is 0. The minimum Gasteiger partial charge on any atom is -0.478 e. The zero-order valence-electron chi connectivity index (χ0n) is 11.5. The van der Waals surface area contributed by atoms with Gasteiger partial charge in [0.1, 0.15) is 0 Å². The van der Waals surface area contributed by atoms with E-state index in [1.54, 1.807) is 24.3 Å². The third-order valence-electron chi connectivity index (χ3n) is 2.87. The lowest BCUT2D eigenvalue weighted by Gasteiger charge is -1.94. The van der Waals surface area contributed by atoms with E-state index in [4.69, 9.17) is 5.11 Å². The van der Waals surface area contributed by atoms with Crippen LogP contribution in [-0.2, 0) is 0 Å². The van der Waals surface area contributed by atoms with Gasteiger partial charge in [-0.15, -0.1) is 0 Å². The number of carboxylic acid groups (broad SMARTS) is 1. The van der Waals surface area contributed by atoms with Gasteiger partial charge in [-0.05, 0) is 23.3 Å². The van der Waals surface area contributed by atoms with Crippen molar-refractivity contribution in [3.63, 3.8) is 0 Å². The predicted octanol–water partition coefficient (Wildman–Crippen LogP) is 4.67. The van der Waals surface area contributed by atoms with Gasteiger partial charge in [0, 0.05) is 0 Å². The third kappa shape index (κ3) is 4.96. The summed E-state index contributed by atoms with van der Waals surface area (Å²) in [6.07, 6.45) is 11.8. The summed E-state index contributed by atoms with van der Waals surface area (Å²) in [5, 5.41) is 8.81. The molecule has 2 heteroatoms. The van der Waals surface area contributed by atoms with Gasteiger partial charge in [0.25, 0.3) is 0 Å². The summed E-state index contributed by atoms with van der Waals surface area (Å²) in [5.74, 6) is -0.906. The van der Waals surface area contributed by atoms with E-state index in [2.05, 4.69) is 0 Å². The Labute approximate surface area is 124 Å². The highest BCUT2D eigenvalue weighted by Crippen LogP contribution is 2.06. The molecule has 0 fully saturated rings. The first-order valence-corrected chi connectivity index (χ1v) is 6.65. The molecule has 2 rings (SSSR count). The number of rotatable bonds is 5. The van der Waals surface area contributed by atoms with Crippen molar-refractivity contribution in [1.82, 2.24) is 0 Å². The standard InChI is InChI=1S/C19H16O2/c20-19(21)18-14-12-17(13-15-18)11-5-2-1-4-8-16-9-6-3-7-10-16/h1-15H,(H,20,21). The van der Waals surface area contributed by atoms with Crippen LogP contribution in [0.4, 0.5) is 0 Å². The number of carboxylic acids is 1. The van der Waals surface area contributed by atoms with E-state index >= 15 is 0 Å². The Kier molecular flexibility index (Phi) is 5.30. The SMILES string of the molecule is O=C(O)c1ccc(C=CC=CC=Cc2ccccc2)cc1. The fourth-order valence-corrected chi connectivity index (χ4v) is 1.76. The number of hydrogen-bond acceptors (Lipinski definition) is 1. The van der Waals surface area contributed by atoms with Gasteiger partial charge in [-0.3, -0.25) is 0 Å². The van der Waals surface area contributed by atoms with Crippen molar-refractivity contribution < 1.29 is 9.90 Å². The third-order valence-corrected chi connectivity index (χ3v) is 2.87. The van der Waals surface area contributed by atoms with Gasteiger partial charge >= 0.3 is 5.97 Å². The van der Waals surface area contributed by atoms with Crippen molar-refractivity contribution in [3.8, 4) is 0 Å². The van der Waals surface area contributed by atoms with Gasteiger partial charge in [-0.25, -0.2) is 4.79 Å². The molecule has 104 valence electrons. The molecule has 2 aromatic carbocycles. The summed E-state index contributed by atoms with van der Waals surface area (Å²) in [7, 11) is 0. The second-order valence-corrected chi connectivity index (χ2v) is 4.44. The molecule has 0 saturated heterocycles. The van der Waals surface area contributed by atoms with Crippen LogP contribution in [0, 0.1) is 0 Å². The molecule has 0 heterocycles. The largest absolute Gasteiger partial charge is 0.478 e. The lowest BCUT2D eigenvalue weighted by Crippen LogP contribution is -1.94. The first-order chi connectivity index (χ1) is 10.3. The maximum absolute atomic E-state index is 10.7. The van der Waals surface area contributed by atoms with Gasteiger partial charge in [0.05, 0.1) is 5.56 Å². The van der Waals surface area contributed by atoms with E-state index in [1.807, 2.05) is 66.8 Å². The summed E-state index contributed by atoms with van der Waals surface area (Å²) < 4.78 is 0. The molecule has 0 amide bonds. The zero-order chi connectivity index (χ0) is 14.9. The Morgan fingerprint density at radius 2 is 1.24 bits per heavy atom. The Hall–Kier alpha value is -2.87. The summed E-state index contributed by atoms with van der Waals surface area (Å²) in [6, 6.07) is 16.9. The second-order valence-electron chi connectivity index (χ2n) is 4.44.